The summed E-state index contributed by atoms with van der Waals surface area (Å²) in [7, 11) is -3.95. The number of azo groups is 1. The van der Waals surface area contributed by atoms with Crippen LogP contribution < -0.4 is 21.1 Å². The van der Waals surface area contributed by atoms with Crippen LogP contribution in [0.3, 0.4) is 0 Å². The Bertz CT molecular complexity index is 3420. The van der Waals surface area contributed by atoms with Crippen molar-refractivity contribution < 1.29 is 16.8 Å². The van der Waals surface area contributed by atoms with E-state index in [9.17, 15) is 13.7 Å². The van der Waals surface area contributed by atoms with E-state index in [-0.39, 0.29) is 16.3 Å². The predicted molar refractivity (Wildman–Crippen MR) is 264 cm³/mol. The quantitative estimate of drug-likeness (QED) is 0.0904. The molecule has 338 valence electrons. The molecule has 8 rings (SSSR count). The molecule has 0 bridgehead atoms. The van der Waals surface area contributed by atoms with Gasteiger partial charge < -0.3 is 11.1 Å². The summed E-state index contributed by atoms with van der Waals surface area (Å²) < 4.78 is 44.4. The number of thiazole rings is 2. The van der Waals surface area contributed by atoms with Crippen molar-refractivity contribution in [3.8, 4) is 11.2 Å². The highest BCUT2D eigenvalue weighted by atomic mass is 32.2. The standard InChI is InChI=1S/C46H46N12O2S3.O2S/c1-23-15-25(3)38(26(4)16-23)53-42-39(54-55-43-32(22-47)41(46(8,9)10)56-58(43)45-51-33-13-11-30(48)20-35(33)62-45)27(5)19-37(52-42)57(40-28(6)17-24(2)18-29(40)7)44-50-34-14-12-31(63(49,59)60)21-36(34)61-44;1-3-2/h11-21H,48H2,1-10H3,(H,52,53)(H2,49,59,60);. The van der Waals surface area contributed by atoms with Crippen LogP contribution in [0.5, 0.6) is 0 Å². The van der Waals surface area contributed by atoms with E-state index in [4.69, 9.17) is 49.6 Å². The molecule has 5 N–H and O–H groups in total. The van der Waals surface area contributed by atoms with E-state index in [2.05, 4.69) is 49.5 Å². The van der Waals surface area contributed by atoms with E-state index in [1.165, 1.54) is 28.7 Å². The molecule has 16 nitrogen and oxygen atoms in total. The Morgan fingerprint density at radius 1 is 0.788 bits per heavy atom. The summed E-state index contributed by atoms with van der Waals surface area (Å²) in [6, 6.07) is 22.9. The zero-order valence-electron chi connectivity index (χ0n) is 37.8. The first-order chi connectivity index (χ1) is 31.1. The lowest BCUT2D eigenvalue weighted by atomic mass is 9.90. The van der Waals surface area contributed by atoms with Crippen molar-refractivity contribution >= 4 is 110 Å². The number of aromatic nitrogens is 5. The van der Waals surface area contributed by atoms with E-state index < -0.39 is 27.0 Å². The largest absolute Gasteiger partial charge is 0.399 e. The molecule has 0 atom stereocenters. The number of hydrogen-bond donors (Lipinski definition) is 3. The minimum Gasteiger partial charge on any atom is -0.399 e. The number of nitrogens with two attached hydrogens (primary N) is 2. The highest BCUT2D eigenvalue weighted by molar-refractivity contribution is 7.89. The maximum Gasteiger partial charge on any atom is 0.335 e. The monoisotopic (exact) mass is 958 g/mol. The van der Waals surface area contributed by atoms with Crippen LogP contribution >= 0.6 is 22.7 Å². The zero-order valence-corrected chi connectivity index (χ0v) is 41.1. The van der Waals surface area contributed by atoms with Crippen LogP contribution in [0.25, 0.3) is 25.6 Å². The zero-order chi connectivity index (χ0) is 48.0. The number of rotatable bonds is 9. The first-order valence-electron chi connectivity index (χ1n) is 20.3. The SMILES string of the molecule is Cc1cc(C)c(Nc2nc(N(c3nc4ccc(S(N)(=O)=O)cc4s3)c3c(C)cc(C)cc3C)cc(C)c2N=Nc2c(C#N)c(C(C)(C)C)nn2-c2nc3ccc(N)cc3s2)c(C)c1.O=S=O. The molecule has 4 aromatic heterocycles. The first kappa shape index (κ1) is 47.2. The molecule has 20 heteroatoms. The Kier molecular flexibility index (Phi) is 13.1. The first-order valence-corrected chi connectivity index (χ1v) is 24.2. The van der Waals surface area contributed by atoms with Crippen molar-refractivity contribution in [2.45, 2.75) is 79.5 Å². The van der Waals surface area contributed by atoms with E-state index >= 15 is 0 Å². The van der Waals surface area contributed by atoms with Gasteiger partial charge in [0.15, 0.2) is 16.8 Å². The average molecular weight is 959 g/mol. The minimum absolute atomic E-state index is 0.00167. The van der Waals surface area contributed by atoms with Crippen LogP contribution in [-0.4, -0.2) is 41.6 Å². The number of nitrogens with one attached hydrogen (secondary N) is 1. The number of aryl methyl sites for hydroxylation is 7. The number of anilines is 6. The summed E-state index contributed by atoms with van der Waals surface area (Å²) in [6.07, 6.45) is 0. The lowest BCUT2D eigenvalue weighted by molar-refractivity contribution is 0.559. The van der Waals surface area contributed by atoms with Gasteiger partial charge in [-0.1, -0.05) is 78.8 Å². The van der Waals surface area contributed by atoms with Crippen molar-refractivity contribution in [3.63, 3.8) is 0 Å². The van der Waals surface area contributed by atoms with Gasteiger partial charge in [0.25, 0.3) is 0 Å². The molecule has 0 amide bonds. The molecule has 0 radical (unpaired) electrons. The van der Waals surface area contributed by atoms with Gasteiger partial charge in [-0.2, -0.15) is 23.5 Å². The molecule has 0 saturated carbocycles. The van der Waals surface area contributed by atoms with Crippen LogP contribution in [0.4, 0.5) is 45.3 Å². The van der Waals surface area contributed by atoms with Gasteiger partial charge in [0.1, 0.15) is 23.1 Å². The van der Waals surface area contributed by atoms with Crippen LogP contribution in [0.1, 0.15) is 71.0 Å². The molecule has 66 heavy (non-hydrogen) atoms. The fourth-order valence-electron chi connectivity index (χ4n) is 7.85. The number of sulfonamides is 1. The van der Waals surface area contributed by atoms with Crippen molar-refractivity contribution in [2.24, 2.45) is 15.4 Å². The van der Waals surface area contributed by atoms with E-state index in [1.54, 1.807) is 22.9 Å². The second-order valence-corrected chi connectivity index (χ2v) is 20.7. The van der Waals surface area contributed by atoms with Crippen molar-refractivity contribution in [2.75, 3.05) is 16.0 Å². The van der Waals surface area contributed by atoms with E-state index in [1.807, 2.05) is 78.5 Å². The summed E-state index contributed by atoms with van der Waals surface area (Å²) in [5.41, 5.74) is 17.5. The van der Waals surface area contributed by atoms with Crippen LogP contribution in [0, 0.1) is 59.8 Å². The van der Waals surface area contributed by atoms with Crippen LogP contribution in [-0.2, 0) is 27.0 Å². The maximum absolute atomic E-state index is 12.4. The van der Waals surface area contributed by atoms with Crippen molar-refractivity contribution in [1.82, 2.24) is 24.7 Å². The number of nitrogen functional groups attached to an aromatic ring is 1. The van der Waals surface area contributed by atoms with Gasteiger partial charge in [-0.3, -0.25) is 4.90 Å². The number of primary sulfonamides is 1. The topological polar surface area (TPSA) is 241 Å². The molecule has 0 fully saturated rings. The number of hydrogen-bond acceptors (Lipinski definition) is 16. The van der Waals surface area contributed by atoms with Crippen LogP contribution in [0.15, 0.2) is 81.9 Å². The van der Waals surface area contributed by atoms with Gasteiger partial charge in [0, 0.05) is 16.8 Å². The minimum atomic E-state index is -3.95. The van der Waals surface area contributed by atoms with Gasteiger partial charge in [-0.25, -0.2) is 28.5 Å². The van der Waals surface area contributed by atoms with Gasteiger partial charge >= 0.3 is 11.6 Å². The predicted octanol–water partition coefficient (Wildman–Crippen LogP) is 11.0. The van der Waals surface area contributed by atoms with E-state index in [0.717, 1.165) is 60.5 Å². The summed E-state index contributed by atoms with van der Waals surface area (Å²) in [4.78, 5) is 17.2. The highest BCUT2D eigenvalue weighted by Crippen LogP contribution is 2.46. The normalized spacial score (nSPS) is 11.8. The number of fused-ring (bicyclic) bond motifs is 2. The lowest BCUT2D eigenvalue weighted by Gasteiger charge is -2.27. The molecule has 8 aromatic rings. The summed E-state index contributed by atoms with van der Waals surface area (Å²) in [6.45, 7) is 20.2. The van der Waals surface area contributed by atoms with Gasteiger partial charge in [0.05, 0.1) is 36.7 Å². The number of nitrogens with zero attached hydrogens (tertiary/aromatic N) is 9. The third kappa shape index (κ3) is 9.47. The molecule has 4 aromatic carbocycles. The Morgan fingerprint density at radius 2 is 1.38 bits per heavy atom. The lowest BCUT2D eigenvalue weighted by Crippen LogP contribution is -2.15. The summed E-state index contributed by atoms with van der Waals surface area (Å²) in [5, 5.41) is 35.6. The van der Waals surface area contributed by atoms with Gasteiger partial charge in [0.2, 0.25) is 15.2 Å². The Morgan fingerprint density at radius 3 is 1.98 bits per heavy atom. The summed E-state index contributed by atoms with van der Waals surface area (Å²) in [5.74, 6) is 1.17. The third-order valence-electron chi connectivity index (χ3n) is 10.6. The number of nitriles is 1. The van der Waals surface area contributed by atoms with E-state index in [0.29, 0.717) is 49.2 Å². The molecular formula is C46H46N12O4S4. The average Bonchev–Trinajstić information content (AvgIpc) is 3.94. The Labute approximate surface area is 393 Å². The second-order valence-electron chi connectivity index (χ2n) is 17.0. The second kappa shape index (κ2) is 18.3. The fourth-order valence-corrected chi connectivity index (χ4v) is 10.5. The number of pyridine rings is 1. The van der Waals surface area contributed by atoms with Crippen LogP contribution in [0.2, 0.25) is 0 Å². The Hall–Kier alpha value is -6.76. The van der Waals surface area contributed by atoms with Gasteiger partial charge in [-0.05, 0) is 119 Å². The molecule has 0 aliphatic carbocycles. The smallest absolute Gasteiger partial charge is 0.335 e. The maximum atomic E-state index is 12.4. The molecule has 0 aliphatic heterocycles. The summed E-state index contributed by atoms with van der Waals surface area (Å²) >= 11 is 1.97. The Balaban J connectivity index is 0.00000210. The molecule has 4 heterocycles. The van der Waals surface area contributed by atoms with Crippen molar-refractivity contribution in [3.05, 3.63) is 117 Å². The highest BCUT2D eigenvalue weighted by Gasteiger charge is 2.30. The third-order valence-corrected chi connectivity index (χ3v) is 13.5. The molecule has 0 aliphatic rings. The molecule has 0 unspecified atom stereocenters. The van der Waals surface area contributed by atoms with Gasteiger partial charge in [-0.15, -0.1) is 10.2 Å². The molecule has 0 spiro atoms. The molecular weight excluding hydrogens is 913 g/mol. The molecule has 0 saturated heterocycles. The van der Waals surface area contributed by atoms with Crippen molar-refractivity contribution in [1.29, 1.82) is 5.26 Å². The number of benzene rings is 4. The fraction of sp³-hybridized carbons (Fsp3) is 0.239.